The van der Waals surface area contributed by atoms with Gasteiger partial charge in [0.15, 0.2) is 23.0 Å². The molecular formula is C15H12N10. The van der Waals surface area contributed by atoms with Crippen molar-refractivity contribution in [2.45, 2.75) is 13.8 Å². The first-order valence-corrected chi connectivity index (χ1v) is 7.40. The Balaban J connectivity index is 1.83. The molecule has 0 bridgehead atoms. The van der Waals surface area contributed by atoms with Gasteiger partial charge in [-0.25, -0.2) is 4.98 Å². The van der Waals surface area contributed by atoms with Crippen molar-refractivity contribution >= 4 is 17.2 Å². The Bertz CT molecular complexity index is 1120. The Hall–Kier alpha value is -3.87. The molecule has 0 atom stereocenters. The smallest absolute Gasteiger partial charge is 0.197 e. The van der Waals surface area contributed by atoms with Gasteiger partial charge in [-0.3, -0.25) is 5.10 Å². The molecule has 0 saturated heterocycles. The lowest BCUT2D eigenvalue weighted by Gasteiger charge is -2.01. The van der Waals surface area contributed by atoms with E-state index in [2.05, 4.69) is 41.7 Å². The number of rotatable bonds is 3. The van der Waals surface area contributed by atoms with Crippen LogP contribution < -0.4 is 0 Å². The number of fused-ring (bicyclic) bond motifs is 1. The van der Waals surface area contributed by atoms with E-state index in [-0.39, 0.29) is 0 Å². The molecule has 0 aliphatic heterocycles. The van der Waals surface area contributed by atoms with Gasteiger partial charge >= 0.3 is 0 Å². The van der Waals surface area contributed by atoms with E-state index in [1.165, 1.54) is 10.9 Å². The average molecular weight is 332 g/mol. The van der Waals surface area contributed by atoms with E-state index in [9.17, 15) is 5.26 Å². The minimum absolute atomic E-state index is 0.302. The van der Waals surface area contributed by atoms with Crippen LogP contribution in [0.1, 0.15) is 17.1 Å². The van der Waals surface area contributed by atoms with Crippen molar-refractivity contribution in [2.24, 2.45) is 10.2 Å². The molecule has 0 fully saturated rings. The molecule has 122 valence electrons. The van der Waals surface area contributed by atoms with Crippen LogP contribution in [-0.2, 0) is 0 Å². The third-order valence-corrected chi connectivity index (χ3v) is 3.63. The van der Waals surface area contributed by atoms with Gasteiger partial charge in [0.05, 0.1) is 11.9 Å². The highest BCUT2D eigenvalue weighted by Crippen LogP contribution is 2.28. The number of nitriles is 1. The number of H-pyrrole nitrogens is 1. The summed E-state index contributed by atoms with van der Waals surface area (Å²) in [6.07, 6.45) is 3.08. The van der Waals surface area contributed by atoms with Crippen molar-refractivity contribution in [3.05, 3.63) is 47.7 Å². The number of azo groups is 1. The molecule has 0 aromatic carbocycles. The van der Waals surface area contributed by atoms with Crippen LogP contribution in [0.15, 0.2) is 40.8 Å². The molecule has 4 aromatic rings. The third-order valence-electron chi connectivity index (χ3n) is 3.63. The van der Waals surface area contributed by atoms with Gasteiger partial charge in [-0.2, -0.15) is 29.8 Å². The van der Waals surface area contributed by atoms with Crippen molar-refractivity contribution in [3.8, 4) is 11.9 Å². The van der Waals surface area contributed by atoms with Crippen LogP contribution in [0.4, 0.5) is 11.5 Å². The van der Waals surface area contributed by atoms with Gasteiger partial charge in [-0.05, 0) is 26.0 Å². The van der Waals surface area contributed by atoms with Crippen LogP contribution in [0.2, 0.25) is 0 Å². The lowest BCUT2D eigenvalue weighted by molar-refractivity contribution is 0.839. The van der Waals surface area contributed by atoms with Crippen LogP contribution in [0, 0.1) is 25.2 Å². The highest BCUT2D eigenvalue weighted by atomic mass is 15.4. The summed E-state index contributed by atoms with van der Waals surface area (Å²) in [5.74, 6) is 1.57. The molecular weight excluding hydrogens is 320 g/mol. The minimum atomic E-state index is 0.302. The van der Waals surface area contributed by atoms with E-state index in [0.717, 1.165) is 5.82 Å². The molecule has 10 nitrogen and oxygen atoms in total. The zero-order chi connectivity index (χ0) is 17.4. The highest BCUT2D eigenvalue weighted by Gasteiger charge is 2.15. The monoisotopic (exact) mass is 332 g/mol. The zero-order valence-corrected chi connectivity index (χ0v) is 13.4. The molecule has 0 radical (unpaired) electrons. The van der Waals surface area contributed by atoms with Gasteiger partial charge in [0.1, 0.15) is 17.5 Å². The van der Waals surface area contributed by atoms with E-state index in [1.807, 2.05) is 19.9 Å². The molecule has 0 saturated carbocycles. The molecule has 0 amide bonds. The normalized spacial score (nSPS) is 11.4. The summed E-state index contributed by atoms with van der Waals surface area (Å²) in [6.45, 7) is 3.66. The fourth-order valence-electron chi connectivity index (χ4n) is 2.42. The van der Waals surface area contributed by atoms with E-state index in [1.54, 1.807) is 22.8 Å². The second-order valence-corrected chi connectivity index (χ2v) is 5.26. The lowest BCUT2D eigenvalue weighted by Crippen LogP contribution is -1.97. The molecule has 0 aliphatic carbocycles. The van der Waals surface area contributed by atoms with E-state index < -0.39 is 0 Å². The van der Waals surface area contributed by atoms with Crippen LogP contribution in [0.3, 0.4) is 0 Å². The quantitative estimate of drug-likeness (QED) is 0.577. The number of hydrogen-bond acceptors (Lipinski definition) is 7. The van der Waals surface area contributed by atoms with E-state index >= 15 is 0 Å². The zero-order valence-electron chi connectivity index (χ0n) is 13.4. The first kappa shape index (κ1) is 14.7. The Labute approximate surface area is 141 Å². The van der Waals surface area contributed by atoms with Crippen LogP contribution in [0.25, 0.3) is 11.5 Å². The molecule has 10 heteroatoms. The molecule has 4 aromatic heterocycles. The lowest BCUT2D eigenvalue weighted by atomic mass is 10.3. The Morgan fingerprint density at radius 1 is 1.24 bits per heavy atom. The summed E-state index contributed by atoms with van der Waals surface area (Å²) in [6, 6.07) is 7.47. The molecule has 0 unspecified atom stereocenters. The van der Waals surface area contributed by atoms with Crippen molar-refractivity contribution in [1.29, 1.82) is 5.26 Å². The fourth-order valence-corrected chi connectivity index (χ4v) is 2.42. The van der Waals surface area contributed by atoms with Gasteiger partial charge in [0.2, 0.25) is 0 Å². The van der Waals surface area contributed by atoms with E-state index in [4.69, 9.17) is 0 Å². The minimum Gasteiger partial charge on any atom is -0.258 e. The predicted molar refractivity (Wildman–Crippen MR) is 87.1 cm³/mol. The van der Waals surface area contributed by atoms with Gasteiger partial charge in [0, 0.05) is 6.20 Å². The van der Waals surface area contributed by atoms with Crippen molar-refractivity contribution in [1.82, 2.24) is 34.6 Å². The van der Waals surface area contributed by atoms with Crippen molar-refractivity contribution in [2.75, 3.05) is 0 Å². The summed E-state index contributed by atoms with van der Waals surface area (Å²) in [5, 5.41) is 33.3. The number of nitrogens with zero attached hydrogens (tertiary/aromatic N) is 9. The molecule has 25 heavy (non-hydrogen) atoms. The Morgan fingerprint density at radius 2 is 2.12 bits per heavy atom. The van der Waals surface area contributed by atoms with E-state index in [0.29, 0.717) is 34.2 Å². The largest absolute Gasteiger partial charge is 0.258 e. The van der Waals surface area contributed by atoms with Crippen molar-refractivity contribution < 1.29 is 0 Å². The molecule has 0 spiro atoms. The Kier molecular flexibility index (Phi) is 3.32. The SMILES string of the molecule is Cc1nn2c(C)n[nH]c2c1/N=N/c1c(C#N)cnn1-c1ccccn1. The number of aromatic amines is 1. The van der Waals surface area contributed by atoms with Gasteiger partial charge in [0.25, 0.3) is 0 Å². The first-order chi connectivity index (χ1) is 12.2. The molecule has 4 heterocycles. The van der Waals surface area contributed by atoms with Gasteiger partial charge in [-0.1, -0.05) is 6.07 Å². The van der Waals surface area contributed by atoms with Crippen LogP contribution in [-0.4, -0.2) is 34.6 Å². The maximum atomic E-state index is 9.31. The summed E-state index contributed by atoms with van der Waals surface area (Å²) >= 11 is 0. The van der Waals surface area contributed by atoms with Crippen LogP contribution in [0.5, 0.6) is 0 Å². The standard InChI is InChI=1S/C15H12N10/c1-9-13(15-22-19-10(2)24(15)23-9)20-21-14-11(7-16)8-18-25(14)12-5-3-4-6-17-12/h3-6,8,22H,1-2H3/b21-20+. The number of pyridine rings is 1. The molecule has 4 rings (SSSR count). The van der Waals surface area contributed by atoms with Crippen LogP contribution >= 0.6 is 0 Å². The average Bonchev–Trinajstić information content (AvgIpc) is 3.29. The number of hydrogen-bond donors (Lipinski definition) is 1. The summed E-state index contributed by atoms with van der Waals surface area (Å²) in [4.78, 5) is 4.23. The summed E-state index contributed by atoms with van der Waals surface area (Å²) < 4.78 is 3.13. The predicted octanol–water partition coefficient (Wildman–Crippen LogP) is 2.54. The molecule has 1 N–H and O–H groups in total. The maximum absolute atomic E-state index is 9.31. The van der Waals surface area contributed by atoms with Gasteiger partial charge in [-0.15, -0.1) is 10.2 Å². The first-order valence-electron chi connectivity index (χ1n) is 7.40. The third kappa shape index (κ3) is 2.34. The number of nitrogens with one attached hydrogen (secondary N) is 1. The maximum Gasteiger partial charge on any atom is 0.197 e. The fraction of sp³-hybridized carbons (Fsp3) is 0.133. The number of aryl methyl sites for hydroxylation is 2. The summed E-state index contributed by atoms with van der Waals surface area (Å²) in [5.41, 5.74) is 2.19. The van der Waals surface area contributed by atoms with Gasteiger partial charge < -0.3 is 0 Å². The summed E-state index contributed by atoms with van der Waals surface area (Å²) in [7, 11) is 0. The highest BCUT2D eigenvalue weighted by molar-refractivity contribution is 5.66. The second-order valence-electron chi connectivity index (χ2n) is 5.26. The second kappa shape index (κ2) is 5.64. The molecule has 0 aliphatic rings. The Morgan fingerprint density at radius 3 is 2.88 bits per heavy atom. The number of aromatic nitrogens is 7. The topological polar surface area (TPSA) is 125 Å². The van der Waals surface area contributed by atoms with Crippen molar-refractivity contribution in [3.63, 3.8) is 0 Å².